The van der Waals surface area contributed by atoms with Crippen LogP contribution < -0.4 is 0 Å². The zero-order chi connectivity index (χ0) is 26.0. The van der Waals surface area contributed by atoms with Crippen molar-refractivity contribution in [3.05, 3.63) is 0 Å². The number of aliphatic hydroxyl groups excluding tert-OH is 1. The lowest BCUT2D eigenvalue weighted by Crippen LogP contribution is -2.24. The van der Waals surface area contributed by atoms with Crippen LogP contribution in [0.3, 0.4) is 0 Å². The second-order valence-electron chi connectivity index (χ2n) is 10.5. The van der Waals surface area contributed by atoms with Gasteiger partial charge in [-0.1, -0.05) is 136 Å². The predicted octanol–water partition coefficient (Wildman–Crippen LogP) is 8.75. The molecule has 0 aromatic carbocycles. The van der Waals surface area contributed by atoms with E-state index in [2.05, 4.69) is 13.8 Å². The molecule has 0 saturated heterocycles. The number of carboxylic acid groups (broad SMARTS) is 1. The van der Waals surface area contributed by atoms with Crippen molar-refractivity contribution in [3.8, 4) is 0 Å². The minimum absolute atomic E-state index is 0.0363. The summed E-state index contributed by atoms with van der Waals surface area (Å²) in [5.74, 6) is -1.41. The van der Waals surface area contributed by atoms with Crippen LogP contribution in [0.4, 0.5) is 0 Å². The number of carboxylic acids is 1. The molecule has 0 fully saturated rings. The van der Waals surface area contributed by atoms with Crippen molar-refractivity contribution in [2.75, 3.05) is 0 Å². The lowest BCUT2D eigenvalue weighted by Gasteiger charge is -2.17. The van der Waals surface area contributed by atoms with Gasteiger partial charge in [-0.25, -0.2) is 0 Å². The molecule has 0 amide bonds. The molecule has 0 radical (unpaired) electrons. The summed E-state index contributed by atoms with van der Waals surface area (Å²) in [5, 5.41) is 19.3. The Bertz CT molecular complexity index is 479. The standard InChI is InChI=1S/C30H58O5/c1-3-5-7-9-11-13-14-16-18-20-22-24-28(26-29(32)33)35-30(34)25-27(31)23-21-19-17-15-12-10-8-6-4-2/h27-28,31H,3-26H2,1-2H3,(H,32,33). The lowest BCUT2D eigenvalue weighted by molar-refractivity contribution is -0.155. The van der Waals surface area contributed by atoms with E-state index < -0.39 is 24.1 Å². The van der Waals surface area contributed by atoms with Crippen LogP contribution in [0.25, 0.3) is 0 Å². The molecule has 35 heavy (non-hydrogen) atoms. The summed E-state index contributed by atoms with van der Waals surface area (Å²) in [7, 11) is 0. The van der Waals surface area contributed by atoms with Crippen LogP contribution in [-0.4, -0.2) is 34.4 Å². The Morgan fingerprint density at radius 2 is 0.943 bits per heavy atom. The van der Waals surface area contributed by atoms with Crippen molar-refractivity contribution >= 4 is 11.9 Å². The van der Waals surface area contributed by atoms with Crippen LogP contribution in [0.5, 0.6) is 0 Å². The third-order valence-electron chi connectivity index (χ3n) is 6.87. The van der Waals surface area contributed by atoms with Gasteiger partial charge in [0.2, 0.25) is 0 Å². The van der Waals surface area contributed by atoms with Crippen molar-refractivity contribution in [2.45, 2.75) is 180 Å². The van der Waals surface area contributed by atoms with E-state index in [4.69, 9.17) is 9.84 Å². The van der Waals surface area contributed by atoms with Crippen LogP contribution in [-0.2, 0) is 14.3 Å². The maximum atomic E-state index is 12.2. The molecule has 2 N–H and O–H groups in total. The number of aliphatic carboxylic acids is 1. The molecular formula is C30H58O5. The van der Waals surface area contributed by atoms with Crippen molar-refractivity contribution in [1.82, 2.24) is 0 Å². The number of rotatable bonds is 27. The monoisotopic (exact) mass is 498 g/mol. The molecule has 0 saturated carbocycles. The summed E-state index contributed by atoms with van der Waals surface area (Å²) in [4.78, 5) is 23.4. The van der Waals surface area contributed by atoms with E-state index in [0.717, 1.165) is 32.1 Å². The normalized spacial score (nSPS) is 13.0. The largest absolute Gasteiger partial charge is 0.481 e. The Kier molecular flexibility index (Phi) is 25.2. The Morgan fingerprint density at radius 1 is 0.571 bits per heavy atom. The fourth-order valence-corrected chi connectivity index (χ4v) is 4.65. The van der Waals surface area contributed by atoms with E-state index in [1.807, 2.05) is 0 Å². The second-order valence-corrected chi connectivity index (χ2v) is 10.5. The first-order chi connectivity index (χ1) is 17.0. The smallest absolute Gasteiger partial charge is 0.308 e. The van der Waals surface area contributed by atoms with Crippen LogP contribution in [0.1, 0.15) is 168 Å². The van der Waals surface area contributed by atoms with Crippen molar-refractivity contribution in [1.29, 1.82) is 0 Å². The highest BCUT2D eigenvalue weighted by atomic mass is 16.5. The minimum Gasteiger partial charge on any atom is -0.481 e. The van der Waals surface area contributed by atoms with Gasteiger partial charge in [0, 0.05) is 0 Å². The van der Waals surface area contributed by atoms with E-state index in [1.165, 1.54) is 96.3 Å². The maximum Gasteiger partial charge on any atom is 0.308 e. The van der Waals surface area contributed by atoms with Crippen molar-refractivity contribution in [3.63, 3.8) is 0 Å². The predicted molar refractivity (Wildman–Crippen MR) is 146 cm³/mol. The molecule has 5 nitrogen and oxygen atoms in total. The van der Waals surface area contributed by atoms with Crippen molar-refractivity contribution < 1.29 is 24.5 Å². The number of hydrogen-bond acceptors (Lipinski definition) is 4. The van der Waals surface area contributed by atoms with Gasteiger partial charge in [0.05, 0.1) is 18.9 Å². The average Bonchev–Trinajstić information content (AvgIpc) is 2.81. The first-order valence-corrected chi connectivity index (χ1v) is 15.1. The molecule has 0 aromatic rings. The zero-order valence-corrected chi connectivity index (χ0v) is 23.2. The first kappa shape index (κ1) is 33.9. The summed E-state index contributed by atoms with van der Waals surface area (Å²) in [5.41, 5.74) is 0. The van der Waals surface area contributed by atoms with Gasteiger partial charge in [0.1, 0.15) is 6.10 Å². The maximum absolute atomic E-state index is 12.2. The summed E-state index contributed by atoms with van der Waals surface area (Å²) >= 11 is 0. The topological polar surface area (TPSA) is 83.8 Å². The number of esters is 1. The summed E-state index contributed by atoms with van der Waals surface area (Å²) in [6, 6.07) is 0. The number of carbonyl (C=O) groups is 2. The van der Waals surface area contributed by atoms with Gasteiger partial charge < -0.3 is 14.9 Å². The first-order valence-electron chi connectivity index (χ1n) is 15.1. The Balaban J connectivity index is 3.85. The number of aliphatic hydroxyl groups is 1. The number of ether oxygens (including phenoxy) is 1. The molecule has 0 aromatic heterocycles. The van der Waals surface area contributed by atoms with Gasteiger partial charge in [-0.05, 0) is 19.3 Å². The quantitative estimate of drug-likeness (QED) is 0.0873. The van der Waals surface area contributed by atoms with Gasteiger partial charge in [0.15, 0.2) is 0 Å². The van der Waals surface area contributed by atoms with E-state index in [0.29, 0.717) is 12.8 Å². The summed E-state index contributed by atoms with van der Waals surface area (Å²) in [6.07, 6.45) is 24.3. The number of unbranched alkanes of at least 4 members (excludes halogenated alkanes) is 18. The van der Waals surface area contributed by atoms with E-state index in [9.17, 15) is 14.7 Å². The Labute approximate surface area is 216 Å². The number of hydrogen-bond donors (Lipinski definition) is 2. The molecule has 0 aliphatic rings. The van der Waals surface area contributed by atoms with Crippen LogP contribution in [0, 0.1) is 0 Å². The van der Waals surface area contributed by atoms with Crippen LogP contribution in [0.15, 0.2) is 0 Å². The molecule has 0 aliphatic carbocycles. The van der Waals surface area contributed by atoms with E-state index >= 15 is 0 Å². The van der Waals surface area contributed by atoms with E-state index in [-0.39, 0.29) is 12.8 Å². The van der Waals surface area contributed by atoms with E-state index in [1.54, 1.807) is 0 Å². The van der Waals surface area contributed by atoms with Gasteiger partial charge >= 0.3 is 11.9 Å². The summed E-state index contributed by atoms with van der Waals surface area (Å²) < 4.78 is 5.44. The Morgan fingerprint density at radius 3 is 1.34 bits per heavy atom. The molecule has 0 spiro atoms. The Hall–Kier alpha value is -1.10. The lowest BCUT2D eigenvalue weighted by atomic mass is 10.0. The fraction of sp³-hybridized carbons (Fsp3) is 0.933. The molecule has 0 heterocycles. The van der Waals surface area contributed by atoms with Gasteiger partial charge in [0.25, 0.3) is 0 Å². The third-order valence-corrected chi connectivity index (χ3v) is 6.87. The highest BCUT2D eigenvalue weighted by Crippen LogP contribution is 2.17. The number of carbonyl (C=O) groups excluding carboxylic acids is 1. The van der Waals surface area contributed by atoms with Crippen LogP contribution >= 0.6 is 0 Å². The van der Waals surface area contributed by atoms with Crippen molar-refractivity contribution in [2.24, 2.45) is 0 Å². The fourth-order valence-electron chi connectivity index (χ4n) is 4.65. The summed E-state index contributed by atoms with van der Waals surface area (Å²) in [6.45, 7) is 4.47. The van der Waals surface area contributed by atoms with Gasteiger partial charge in [-0.2, -0.15) is 0 Å². The molecule has 0 aliphatic heterocycles. The van der Waals surface area contributed by atoms with Crippen LogP contribution in [0.2, 0.25) is 0 Å². The molecule has 5 heteroatoms. The molecule has 2 atom stereocenters. The molecule has 2 unspecified atom stereocenters. The van der Waals surface area contributed by atoms with Gasteiger partial charge in [-0.3, -0.25) is 9.59 Å². The molecule has 0 rings (SSSR count). The zero-order valence-electron chi connectivity index (χ0n) is 23.2. The second kappa shape index (κ2) is 26.0. The highest BCUT2D eigenvalue weighted by Gasteiger charge is 2.20. The molecule has 0 bridgehead atoms. The SMILES string of the molecule is CCCCCCCCCCCCCC(CC(=O)O)OC(=O)CC(O)CCCCCCCCCCC. The third kappa shape index (κ3) is 25.8. The highest BCUT2D eigenvalue weighted by molar-refractivity contribution is 5.71. The minimum atomic E-state index is -0.943. The average molecular weight is 499 g/mol. The van der Waals surface area contributed by atoms with Gasteiger partial charge in [-0.15, -0.1) is 0 Å². The molecular weight excluding hydrogens is 440 g/mol. The molecule has 208 valence electrons.